The maximum absolute atomic E-state index is 5.47. The monoisotopic (exact) mass is 263 g/mol. The van der Waals surface area contributed by atoms with Gasteiger partial charge in [0, 0.05) is 18.8 Å². The van der Waals surface area contributed by atoms with Crippen molar-refractivity contribution in [3.8, 4) is 5.75 Å². The number of imidazole rings is 1. The Morgan fingerprint density at radius 1 is 1.44 bits per heavy atom. The van der Waals surface area contributed by atoms with Crippen LogP contribution in [-0.2, 0) is 6.42 Å². The molecular weight excluding hydrogens is 249 g/mol. The van der Waals surface area contributed by atoms with Crippen LogP contribution in [0.2, 0.25) is 0 Å². The lowest BCUT2D eigenvalue weighted by Gasteiger charge is -1.99. The third-order valence-electron chi connectivity index (χ3n) is 2.12. The first kappa shape index (κ1) is 15.0. The molecule has 90 valence electrons. The summed E-state index contributed by atoms with van der Waals surface area (Å²) >= 11 is 0. The average Bonchev–Trinajstić information content (AvgIpc) is 2.60. The van der Waals surface area contributed by atoms with Gasteiger partial charge in [0.25, 0.3) is 0 Å². The molecule has 0 aliphatic heterocycles. The molecule has 2 rings (SSSR count). The van der Waals surface area contributed by atoms with Crippen molar-refractivity contribution in [1.82, 2.24) is 9.38 Å². The maximum atomic E-state index is 5.47. The van der Waals surface area contributed by atoms with E-state index in [9.17, 15) is 0 Å². The first-order valence-corrected chi connectivity index (χ1v) is 4.56. The molecule has 0 aliphatic rings. The molecule has 0 unspecified atom stereocenters. The Bertz CT molecular complexity index is 445. The molecular formula is C10H15Cl2N3O. The Hall–Kier alpha value is -0.970. The van der Waals surface area contributed by atoms with Crippen molar-refractivity contribution < 1.29 is 4.74 Å². The number of nitrogens with zero attached hydrogens (tertiary/aromatic N) is 2. The van der Waals surface area contributed by atoms with Crippen LogP contribution in [-0.4, -0.2) is 23.0 Å². The minimum atomic E-state index is 0. The molecule has 0 aromatic carbocycles. The summed E-state index contributed by atoms with van der Waals surface area (Å²) in [5.74, 6) is 0.788. The SMILES string of the molecule is COc1cccn2cc(CCN)nc12.Cl.Cl. The van der Waals surface area contributed by atoms with Gasteiger partial charge in [-0.2, -0.15) is 0 Å². The number of halogens is 2. The predicted octanol–water partition coefficient (Wildman–Crippen LogP) is 1.69. The van der Waals surface area contributed by atoms with E-state index in [1.54, 1.807) is 7.11 Å². The molecule has 0 amide bonds. The molecule has 4 nitrogen and oxygen atoms in total. The predicted molar refractivity (Wildman–Crippen MR) is 69.0 cm³/mol. The second-order valence-corrected chi connectivity index (χ2v) is 3.08. The molecule has 2 N–H and O–H groups in total. The fourth-order valence-corrected chi connectivity index (χ4v) is 1.47. The van der Waals surface area contributed by atoms with E-state index in [0.29, 0.717) is 6.54 Å². The maximum Gasteiger partial charge on any atom is 0.179 e. The second kappa shape index (κ2) is 6.58. The zero-order chi connectivity index (χ0) is 9.97. The quantitative estimate of drug-likeness (QED) is 0.917. The van der Waals surface area contributed by atoms with E-state index in [1.807, 2.05) is 28.9 Å². The van der Waals surface area contributed by atoms with Crippen molar-refractivity contribution >= 4 is 30.5 Å². The molecule has 2 aromatic rings. The largest absolute Gasteiger partial charge is 0.493 e. The summed E-state index contributed by atoms with van der Waals surface area (Å²) in [6, 6.07) is 3.83. The van der Waals surface area contributed by atoms with Gasteiger partial charge in [-0.3, -0.25) is 0 Å². The van der Waals surface area contributed by atoms with E-state index in [4.69, 9.17) is 10.5 Å². The van der Waals surface area contributed by atoms with Gasteiger partial charge >= 0.3 is 0 Å². The summed E-state index contributed by atoms with van der Waals surface area (Å²) < 4.78 is 7.15. The van der Waals surface area contributed by atoms with E-state index in [1.165, 1.54) is 0 Å². The van der Waals surface area contributed by atoms with E-state index in [-0.39, 0.29) is 24.8 Å². The van der Waals surface area contributed by atoms with Crippen LogP contribution >= 0.6 is 24.8 Å². The number of fused-ring (bicyclic) bond motifs is 1. The van der Waals surface area contributed by atoms with Crippen LogP contribution in [0, 0.1) is 0 Å². The Labute approximate surface area is 107 Å². The van der Waals surface area contributed by atoms with Gasteiger partial charge in [-0.1, -0.05) is 0 Å². The van der Waals surface area contributed by atoms with Crippen molar-refractivity contribution in [2.24, 2.45) is 5.73 Å². The molecule has 0 saturated carbocycles. The van der Waals surface area contributed by atoms with Gasteiger partial charge in [-0.15, -0.1) is 24.8 Å². The van der Waals surface area contributed by atoms with Gasteiger partial charge < -0.3 is 14.9 Å². The summed E-state index contributed by atoms with van der Waals surface area (Å²) in [6.45, 7) is 0.617. The molecule has 0 bridgehead atoms. The van der Waals surface area contributed by atoms with Crippen LogP contribution in [0.25, 0.3) is 5.65 Å². The molecule has 2 heterocycles. The zero-order valence-corrected chi connectivity index (χ0v) is 10.6. The number of aromatic nitrogens is 2. The van der Waals surface area contributed by atoms with E-state index >= 15 is 0 Å². The smallest absolute Gasteiger partial charge is 0.179 e. The topological polar surface area (TPSA) is 52.5 Å². The molecule has 2 aromatic heterocycles. The third kappa shape index (κ3) is 2.78. The van der Waals surface area contributed by atoms with Crippen LogP contribution in [0.15, 0.2) is 24.5 Å². The van der Waals surface area contributed by atoms with Crippen LogP contribution < -0.4 is 10.5 Å². The number of pyridine rings is 1. The number of ether oxygens (including phenoxy) is 1. The highest BCUT2D eigenvalue weighted by atomic mass is 35.5. The third-order valence-corrected chi connectivity index (χ3v) is 2.12. The van der Waals surface area contributed by atoms with Crippen molar-refractivity contribution in [2.45, 2.75) is 6.42 Å². The normalized spacial score (nSPS) is 9.38. The number of rotatable bonds is 3. The van der Waals surface area contributed by atoms with Crippen molar-refractivity contribution in [1.29, 1.82) is 0 Å². The molecule has 0 fully saturated rings. The summed E-state index contributed by atoms with van der Waals surface area (Å²) in [4.78, 5) is 4.43. The highest BCUT2D eigenvalue weighted by molar-refractivity contribution is 5.85. The number of nitrogens with two attached hydrogens (primary N) is 1. The van der Waals surface area contributed by atoms with Gasteiger partial charge in [-0.05, 0) is 18.7 Å². The summed E-state index contributed by atoms with van der Waals surface area (Å²) in [7, 11) is 1.65. The van der Waals surface area contributed by atoms with Crippen molar-refractivity contribution in [2.75, 3.05) is 13.7 Å². The van der Waals surface area contributed by atoms with Crippen LogP contribution in [0.5, 0.6) is 5.75 Å². The zero-order valence-electron chi connectivity index (χ0n) is 8.92. The van der Waals surface area contributed by atoms with Crippen LogP contribution in [0.3, 0.4) is 0 Å². The first-order chi connectivity index (χ1) is 6.85. The van der Waals surface area contributed by atoms with Crippen molar-refractivity contribution in [3.63, 3.8) is 0 Å². The van der Waals surface area contributed by atoms with Gasteiger partial charge in [0.2, 0.25) is 0 Å². The summed E-state index contributed by atoms with van der Waals surface area (Å²) in [5.41, 5.74) is 7.32. The fourth-order valence-electron chi connectivity index (χ4n) is 1.47. The lowest BCUT2D eigenvalue weighted by Crippen LogP contribution is -2.02. The Balaban J connectivity index is 0.00000112. The van der Waals surface area contributed by atoms with Gasteiger partial charge in [0.05, 0.1) is 12.8 Å². The van der Waals surface area contributed by atoms with Crippen LogP contribution in [0.4, 0.5) is 0 Å². The van der Waals surface area contributed by atoms with Crippen LogP contribution in [0.1, 0.15) is 5.69 Å². The summed E-state index contributed by atoms with van der Waals surface area (Å²) in [6.07, 6.45) is 4.72. The highest BCUT2D eigenvalue weighted by Gasteiger charge is 2.04. The van der Waals surface area contributed by atoms with E-state index in [2.05, 4.69) is 4.98 Å². The Kier molecular flexibility index (Phi) is 6.18. The standard InChI is InChI=1S/C10H13N3O.2ClH/c1-14-9-3-2-6-13-7-8(4-5-11)12-10(9)13;;/h2-3,6-7H,4-5,11H2,1H3;2*1H. The van der Waals surface area contributed by atoms with Gasteiger partial charge in [-0.25, -0.2) is 4.98 Å². The molecule has 0 atom stereocenters. The van der Waals surface area contributed by atoms with E-state index in [0.717, 1.165) is 23.5 Å². The molecule has 16 heavy (non-hydrogen) atoms. The Morgan fingerprint density at radius 2 is 2.19 bits per heavy atom. The summed E-state index contributed by atoms with van der Waals surface area (Å²) in [5, 5.41) is 0. The minimum Gasteiger partial charge on any atom is -0.493 e. The molecule has 0 spiro atoms. The number of hydrogen-bond donors (Lipinski definition) is 1. The Morgan fingerprint density at radius 3 is 2.81 bits per heavy atom. The molecule has 0 aliphatic carbocycles. The van der Waals surface area contributed by atoms with Gasteiger partial charge in [0.1, 0.15) is 0 Å². The molecule has 6 heteroatoms. The lowest BCUT2D eigenvalue weighted by atomic mass is 10.3. The highest BCUT2D eigenvalue weighted by Crippen LogP contribution is 2.18. The number of hydrogen-bond acceptors (Lipinski definition) is 3. The average molecular weight is 264 g/mol. The molecule has 0 saturated heterocycles. The van der Waals surface area contributed by atoms with Crippen molar-refractivity contribution in [3.05, 3.63) is 30.2 Å². The number of methoxy groups -OCH3 is 1. The van der Waals surface area contributed by atoms with E-state index < -0.39 is 0 Å². The molecule has 0 radical (unpaired) electrons. The second-order valence-electron chi connectivity index (χ2n) is 3.08. The fraction of sp³-hybridized carbons (Fsp3) is 0.300. The lowest BCUT2D eigenvalue weighted by molar-refractivity contribution is 0.417. The van der Waals surface area contributed by atoms with Gasteiger partial charge in [0.15, 0.2) is 11.4 Å². The first-order valence-electron chi connectivity index (χ1n) is 4.56. The minimum absolute atomic E-state index is 0.